The standard InChI is InChI=1S/C15H19N3O3S/c1-5-12(22-14-15(20)21-17-18(14)4)13(19)16-11-7-6-9(2)10(3)8-11/h6-8,12H,5H2,1-4H3,(H-,16,17,19,20). The zero-order valence-electron chi connectivity index (χ0n) is 13.0. The van der Waals surface area contributed by atoms with Crippen molar-refractivity contribution in [1.29, 1.82) is 0 Å². The van der Waals surface area contributed by atoms with Gasteiger partial charge in [-0.3, -0.25) is 4.79 Å². The van der Waals surface area contributed by atoms with Gasteiger partial charge in [-0.25, -0.2) is 0 Å². The number of carbonyl (C=O) groups is 1. The van der Waals surface area contributed by atoms with Crippen molar-refractivity contribution in [3.63, 3.8) is 0 Å². The third-order valence-corrected chi connectivity index (χ3v) is 4.89. The maximum atomic E-state index is 12.4. The van der Waals surface area contributed by atoms with Gasteiger partial charge in [0.25, 0.3) is 5.03 Å². The van der Waals surface area contributed by atoms with E-state index in [2.05, 4.69) is 15.1 Å². The van der Waals surface area contributed by atoms with Crippen molar-refractivity contribution < 1.29 is 19.1 Å². The molecule has 1 unspecified atom stereocenters. The van der Waals surface area contributed by atoms with Crippen LogP contribution in [0.1, 0.15) is 24.5 Å². The number of hydrogen-bond acceptors (Lipinski definition) is 5. The first-order valence-electron chi connectivity index (χ1n) is 7.00. The molecule has 0 fully saturated rings. The summed E-state index contributed by atoms with van der Waals surface area (Å²) in [5.41, 5.74) is 3.04. The predicted molar refractivity (Wildman–Crippen MR) is 81.6 cm³/mol. The minimum absolute atomic E-state index is 0.142. The normalized spacial score (nSPS) is 12.2. The molecule has 0 saturated carbocycles. The summed E-state index contributed by atoms with van der Waals surface area (Å²) in [6, 6.07) is 5.77. The summed E-state index contributed by atoms with van der Waals surface area (Å²) in [7, 11) is 1.61. The van der Waals surface area contributed by atoms with Gasteiger partial charge in [0.15, 0.2) is 13.0 Å². The second-order valence-electron chi connectivity index (χ2n) is 5.09. The highest BCUT2D eigenvalue weighted by Gasteiger charge is 2.25. The summed E-state index contributed by atoms with van der Waals surface area (Å²) in [5, 5.41) is 17.9. The third-order valence-electron chi connectivity index (χ3n) is 3.41. The van der Waals surface area contributed by atoms with Crippen LogP contribution in [0.3, 0.4) is 0 Å². The van der Waals surface area contributed by atoms with Gasteiger partial charge in [-0.1, -0.05) is 17.7 Å². The van der Waals surface area contributed by atoms with Crippen LogP contribution in [0, 0.1) is 13.8 Å². The molecule has 0 spiro atoms. The number of thioether (sulfide) groups is 1. The number of rotatable bonds is 5. The molecule has 1 amide bonds. The van der Waals surface area contributed by atoms with Gasteiger partial charge >= 0.3 is 0 Å². The Balaban J connectivity index is 2.10. The first-order chi connectivity index (χ1) is 10.4. The molecule has 1 N–H and O–H groups in total. The lowest BCUT2D eigenvalue weighted by atomic mass is 10.1. The van der Waals surface area contributed by atoms with Gasteiger partial charge in [0, 0.05) is 5.69 Å². The minimum Gasteiger partial charge on any atom is -0.538 e. The topological polar surface area (TPSA) is 82.1 Å². The highest BCUT2D eigenvalue weighted by Crippen LogP contribution is 2.28. The lowest BCUT2D eigenvalue weighted by molar-refractivity contribution is -0.772. The summed E-state index contributed by atoms with van der Waals surface area (Å²) in [4.78, 5) is 12.4. The van der Waals surface area contributed by atoms with Crippen molar-refractivity contribution in [3.05, 3.63) is 29.3 Å². The smallest absolute Gasteiger partial charge is 0.291 e. The first kappa shape index (κ1) is 16.4. The van der Waals surface area contributed by atoms with Crippen LogP contribution in [0.15, 0.2) is 27.7 Å². The summed E-state index contributed by atoms with van der Waals surface area (Å²) in [6.45, 7) is 5.92. The molecular formula is C15H19N3O3S. The summed E-state index contributed by atoms with van der Waals surface area (Å²) < 4.78 is 5.92. The summed E-state index contributed by atoms with van der Waals surface area (Å²) >= 11 is 1.17. The Labute approximate surface area is 133 Å². The number of amides is 1. The second kappa shape index (κ2) is 6.83. The van der Waals surface area contributed by atoms with Crippen LogP contribution < -0.4 is 15.1 Å². The maximum absolute atomic E-state index is 12.4. The Morgan fingerprint density at radius 3 is 2.73 bits per heavy atom. The lowest BCUT2D eigenvalue weighted by Gasteiger charge is -2.13. The van der Waals surface area contributed by atoms with Crippen LogP contribution in [0.2, 0.25) is 0 Å². The van der Waals surface area contributed by atoms with E-state index in [1.807, 2.05) is 39.0 Å². The van der Waals surface area contributed by atoms with E-state index in [-0.39, 0.29) is 11.2 Å². The van der Waals surface area contributed by atoms with Gasteiger partial charge in [-0.15, -0.1) is 0 Å². The second-order valence-corrected chi connectivity index (χ2v) is 6.28. The lowest BCUT2D eigenvalue weighted by Crippen LogP contribution is -2.34. The largest absolute Gasteiger partial charge is 0.538 e. The predicted octanol–water partition coefficient (Wildman–Crippen LogP) is 1.70. The van der Waals surface area contributed by atoms with Crippen LogP contribution in [-0.4, -0.2) is 16.4 Å². The van der Waals surface area contributed by atoms with Crippen molar-refractivity contribution in [3.8, 4) is 5.95 Å². The van der Waals surface area contributed by atoms with Gasteiger partial charge < -0.3 is 14.9 Å². The fourth-order valence-corrected chi connectivity index (χ4v) is 2.85. The third kappa shape index (κ3) is 3.59. The zero-order chi connectivity index (χ0) is 16.3. The van der Waals surface area contributed by atoms with Crippen LogP contribution in [0.4, 0.5) is 5.69 Å². The van der Waals surface area contributed by atoms with Gasteiger partial charge in [-0.2, -0.15) is 0 Å². The van der Waals surface area contributed by atoms with Crippen molar-refractivity contribution in [1.82, 2.24) is 5.27 Å². The fraction of sp³-hybridized carbons (Fsp3) is 0.400. The maximum Gasteiger partial charge on any atom is 0.291 e. The molecule has 22 heavy (non-hydrogen) atoms. The molecule has 0 bridgehead atoms. The van der Waals surface area contributed by atoms with Gasteiger partial charge in [-0.05, 0) is 55.3 Å². The minimum atomic E-state index is -0.523. The Hall–Kier alpha value is -2.02. The highest BCUT2D eigenvalue weighted by molar-refractivity contribution is 8.00. The van der Waals surface area contributed by atoms with Crippen molar-refractivity contribution >= 4 is 23.4 Å². The average molecular weight is 321 g/mol. The molecule has 0 saturated heterocycles. The zero-order valence-corrected chi connectivity index (χ0v) is 13.9. The molecule has 0 aliphatic heterocycles. The molecular weight excluding hydrogens is 302 g/mol. The molecule has 118 valence electrons. The quantitative estimate of drug-likeness (QED) is 0.669. The van der Waals surface area contributed by atoms with Crippen molar-refractivity contribution in [2.24, 2.45) is 7.05 Å². The van der Waals surface area contributed by atoms with Gasteiger partial charge in [0.2, 0.25) is 5.91 Å². The molecule has 0 aliphatic rings. The molecule has 2 aromatic rings. The Morgan fingerprint density at radius 1 is 1.45 bits per heavy atom. The van der Waals surface area contributed by atoms with Crippen LogP contribution in [-0.2, 0) is 11.8 Å². The molecule has 0 aliphatic carbocycles. The molecule has 7 heteroatoms. The Bertz CT molecular complexity index is 665. The number of hydrogen-bond donors (Lipinski definition) is 1. The molecule has 6 nitrogen and oxygen atoms in total. The number of benzene rings is 1. The SMILES string of the molecule is CCC(Sc1c([O-])on[n+]1C)C(=O)Nc1ccc(C)c(C)c1. The van der Waals surface area contributed by atoms with Crippen LogP contribution >= 0.6 is 11.8 Å². The molecule has 1 aromatic heterocycles. The molecule has 1 aromatic carbocycles. The number of carbonyl (C=O) groups excluding carboxylic acids is 1. The van der Waals surface area contributed by atoms with E-state index >= 15 is 0 Å². The van der Waals surface area contributed by atoms with E-state index < -0.39 is 5.95 Å². The number of nitrogens with zero attached hydrogens (tertiary/aromatic N) is 2. The fourth-order valence-electron chi connectivity index (χ4n) is 1.93. The van der Waals surface area contributed by atoms with Crippen LogP contribution in [0.5, 0.6) is 5.95 Å². The van der Waals surface area contributed by atoms with E-state index in [9.17, 15) is 9.90 Å². The number of aryl methyl sites for hydroxylation is 3. The van der Waals surface area contributed by atoms with Crippen molar-refractivity contribution in [2.75, 3.05) is 5.32 Å². The van der Waals surface area contributed by atoms with E-state index in [1.54, 1.807) is 7.05 Å². The van der Waals surface area contributed by atoms with E-state index in [4.69, 9.17) is 0 Å². The summed E-state index contributed by atoms with van der Waals surface area (Å²) in [5.74, 6) is -0.665. The summed E-state index contributed by atoms with van der Waals surface area (Å²) in [6.07, 6.45) is 0.589. The monoisotopic (exact) mass is 321 g/mol. The van der Waals surface area contributed by atoms with E-state index in [1.165, 1.54) is 22.0 Å². The average Bonchev–Trinajstić information content (AvgIpc) is 2.79. The number of nitrogens with one attached hydrogen (secondary N) is 1. The van der Waals surface area contributed by atoms with Gasteiger partial charge in [0.1, 0.15) is 0 Å². The van der Waals surface area contributed by atoms with E-state index in [0.29, 0.717) is 11.4 Å². The van der Waals surface area contributed by atoms with E-state index in [0.717, 1.165) is 11.3 Å². The number of anilines is 1. The number of aromatic nitrogens is 2. The first-order valence-corrected chi connectivity index (χ1v) is 7.88. The highest BCUT2D eigenvalue weighted by atomic mass is 32.2. The Kier molecular flexibility index (Phi) is 5.07. The molecule has 0 radical (unpaired) electrons. The molecule has 2 rings (SSSR count). The molecule has 1 heterocycles. The van der Waals surface area contributed by atoms with Crippen LogP contribution in [0.25, 0.3) is 0 Å². The molecule has 1 atom stereocenters. The van der Waals surface area contributed by atoms with Gasteiger partial charge in [0.05, 0.1) is 10.5 Å². The van der Waals surface area contributed by atoms with Crippen molar-refractivity contribution in [2.45, 2.75) is 37.5 Å². The Morgan fingerprint density at radius 2 is 2.18 bits per heavy atom.